The number of ether oxygens (including phenoxy) is 1. The van der Waals surface area contributed by atoms with Crippen molar-refractivity contribution in [2.45, 2.75) is 51.5 Å². The summed E-state index contributed by atoms with van der Waals surface area (Å²) < 4.78 is 5.30. The van der Waals surface area contributed by atoms with Gasteiger partial charge in [-0.1, -0.05) is 18.9 Å². The molecule has 0 spiro atoms. The summed E-state index contributed by atoms with van der Waals surface area (Å²) in [5, 5.41) is 8.86. The first-order valence-electron chi connectivity index (χ1n) is 9.18. The van der Waals surface area contributed by atoms with Crippen molar-refractivity contribution in [2.75, 3.05) is 23.8 Å². The minimum atomic E-state index is -0.214. The molecule has 0 atom stereocenters. The molecule has 0 bridgehead atoms. The van der Waals surface area contributed by atoms with Gasteiger partial charge in [0.25, 0.3) is 0 Å². The first-order valence-corrected chi connectivity index (χ1v) is 9.18. The third kappa shape index (κ3) is 4.95. The Labute approximate surface area is 148 Å². The topological polar surface area (TPSA) is 79.5 Å². The SMILES string of the molecule is Cc1ccc(NC(=O)C2CCCC2)cc1NC(=O)NC1CCOCC1. The van der Waals surface area contributed by atoms with Crippen LogP contribution < -0.4 is 16.0 Å². The molecule has 1 aromatic carbocycles. The van der Waals surface area contributed by atoms with Crippen molar-refractivity contribution in [3.05, 3.63) is 23.8 Å². The Bertz CT molecular complexity index is 620. The number of anilines is 2. The van der Waals surface area contributed by atoms with Gasteiger partial charge in [0, 0.05) is 36.5 Å². The van der Waals surface area contributed by atoms with Gasteiger partial charge < -0.3 is 20.7 Å². The number of urea groups is 1. The lowest BCUT2D eigenvalue weighted by molar-refractivity contribution is -0.119. The monoisotopic (exact) mass is 345 g/mol. The standard InChI is InChI=1S/C19H27N3O3/c1-13-6-7-16(20-18(23)14-4-2-3-5-14)12-17(13)22-19(24)21-15-8-10-25-11-9-15/h6-7,12,14-15H,2-5,8-11H2,1H3,(H,20,23)(H2,21,22,24). The third-order valence-corrected chi connectivity index (χ3v) is 5.04. The molecule has 2 aliphatic rings. The molecular formula is C19H27N3O3. The summed E-state index contributed by atoms with van der Waals surface area (Å²) in [6.07, 6.45) is 5.87. The Balaban J connectivity index is 1.58. The van der Waals surface area contributed by atoms with E-state index in [1.54, 1.807) is 0 Å². The fourth-order valence-electron chi connectivity index (χ4n) is 3.45. The van der Waals surface area contributed by atoms with Gasteiger partial charge in [0.05, 0.1) is 0 Å². The quantitative estimate of drug-likeness (QED) is 0.782. The van der Waals surface area contributed by atoms with Crippen molar-refractivity contribution in [3.8, 4) is 0 Å². The van der Waals surface area contributed by atoms with E-state index in [1.165, 1.54) is 0 Å². The molecule has 6 nitrogen and oxygen atoms in total. The summed E-state index contributed by atoms with van der Waals surface area (Å²) in [6, 6.07) is 5.55. The summed E-state index contributed by atoms with van der Waals surface area (Å²) in [6.45, 7) is 3.31. The maximum Gasteiger partial charge on any atom is 0.319 e. The van der Waals surface area contributed by atoms with Crippen LogP contribution >= 0.6 is 0 Å². The number of hydrogen-bond acceptors (Lipinski definition) is 3. The highest BCUT2D eigenvalue weighted by Crippen LogP contribution is 2.27. The molecule has 136 valence electrons. The molecule has 3 N–H and O–H groups in total. The normalized spacial score (nSPS) is 18.8. The Morgan fingerprint density at radius 1 is 1.04 bits per heavy atom. The summed E-state index contributed by atoms with van der Waals surface area (Å²) in [5.74, 6) is 0.202. The summed E-state index contributed by atoms with van der Waals surface area (Å²) in [4.78, 5) is 24.5. The molecule has 0 radical (unpaired) electrons. The lowest BCUT2D eigenvalue weighted by Gasteiger charge is -2.23. The maximum atomic E-state index is 12.3. The van der Waals surface area contributed by atoms with Crippen molar-refractivity contribution in [2.24, 2.45) is 5.92 Å². The predicted molar refractivity (Wildman–Crippen MR) is 97.8 cm³/mol. The van der Waals surface area contributed by atoms with Crippen LogP contribution in [0, 0.1) is 12.8 Å². The summed E-state index contributed by atoms with van der Waals surface area (Å²) in [5.41, 5.74) is 2.40. The van der Waals surface area contributed by atoms with Crippen LogP contribution in [0.5, 0.6) is 0 Å². The van der Waals surface area contributed by atoms with Gasteiger partial charge in [-0.15, -0.1) is 0 Å². The maximum absolute atomic E-state index is 12.3. The molecule has 1 heterocycles. The van der Waals surface area contributed by atoms with Crippen LogP contribution in [-0.2, 0) is 9.53 Å². The van der Waals surface area contributed by atoms with Crippen molar-refractivity contribution < 1.29 is 14.3 Å². The molecule has 25 heavy (non-hydrogen) atoms. The number of carbonyl (C=O) groups is 2. The average Bonchev–Trinajstić information content (AvgIpc) is 3.13. The Morgan fingerprint density at radius 2 is 1.76 bits per heavy atom. The zero-order valence-electron chi connectivity index (χ0n) is 14.8. The van der Waals surface area contributed by atoms with Crippen LogP contribution in [-0.4, -0.2) is 31.2 Å². The van der Waals surface area contributed by atoms with E-state index in [4.69, 9.17) is 4.74 Å². The molecule has 3 amide bonds. The van der Waals surface area contributed by atoms with Crippen LogP contribution in [0.3, 0.4) is 0 Å². The van der Waals surface area contributed by atoms with Gasteiger partial charge in [0.1, 0.15) is 0 Å². The number of rotatable bonds is 4. The van der Waals surface area contributed by atoms with Gasteiger partial charge >= 0.3 is 6.03 Å². The first-order chi connectivity index (χ1) is 12.1. The van der Waals surface area contributed by atoms with Crippen LogP contribution in [0.15, 0.2) is 18.2 Å². The van der Waals surface area contributed by atoms with Gasteiger partial charge in [-0.3, -0.25) is 4.79 Å². The number of benzene rings is 1. The minimum absolute atomic E-state index is 0.0824. The van der Waals surface area contributed by atoms with Gasteiger partial charge in [-0.25, -0.2) is 4.79 Å². The summed E-state index contributed by atoms with van der Waals surface area (Å²) in [7, 11) is 0. The highest BCUT2D eigenvalue weighted by Gasteiger charge is 2.23. The molecule has 6 heteroatoms. The third-order valence-electron chi connectivity index (χ3n) is 5.04. The van der Waals surface area contributed by atoms with Crippen LogP contribution in [0.25, 0.3) is 0 Å². The van der Waals surface area contributed by atoms with Crippen LogP contribution in [0.1, 0.15) is 44.1 Å². The molecule has 1 saturated heterocycles. The van der Waals surface area contributed by atoms with E-state index in [2.05, 4.69) is 16.0 Å². The van der Waals surface area contributed by atoms with E-state index in [1.807, 2.05) is 25.1 Å². The Hall–Kier alpha value is -2.08. The minimum Gasteiger partial charge on any atom is -0.381 e. The van der Waals surface area contributed by atoms with Crippen LogP contribution in [0.2, 0.25) is 0 Å². The van der Waals surface area contributed by atoms with Crippen molar-refractivity contribution >= 4 is 23.3 Å². The van der Waals surface area contributed by atoms with E-state index in [0.717, 1.165) is 49.8 Å². The first kappa shape index (κ1) is 17.7. The smallest absolute Gasteiger partial charge is 0.319 e. The number of amides is 3. The van der Waals surface area contributed by atoms with E-state index < -0.39 is 0 Å². The van der Waals surface area contributed by atoms with Crippen molar-refractivity contribution in [1.82, 2.24) is 5.32 Å². The second kappa shape index (κ2) is 8.34. The van der Waals surface area contributed by atoms with Gasteiger partial charge in [-0.05, 0) is 50.3 Å². The van der Waals surface area contributed by atoms with E-state index in [9.17, 15) is 9.59 Å². The second-order valence-corrected chi connectivity index (χ2v) is 6.99. The van der Waals surface area contributed by atoms with Crippen molar-refractivity contribution in [1.29, 1.82) is 0 Å². The average molecular weight is 345 g/mol. The Kier molecular flexibility index (Phi) is 5.91. The summed E-state index contributed by atoms with van der Waals surface area (Å²) >= 11 is 0. The number of hydrogen-bond donors (Lipinski definition) is 3. The molecule has 0 unspecified atom stereocenters. The van der Waals surface area contributed by atoms with E-state index in [0.29, 0.717) is 18.9 Å². The largest absolute Gasteiger partial charge is 0.381 e. The highest BCUT2D eigenvalue weighted by molar-refractivity contribution is 5.95. The zero-order valence-corrected chi connectivity index (χ0v) is 14.8. The highest BCUT2D eigenvalue weighted by atomic mass is 16.5. The molecule has 1 aliphatic heterocycles. The van der Waals surface area contributed by atoms with E-state index >= 15 is 0 Å². The van der Waals surface area contributed by atoms with E-state index in [-0.39, 0.29) is 23.9 Å². The van der Waals surface area contributed by atoms with Crippen molar-refractivity contribution in [3.63, 3.8) is 0 Å². The van der Waals surface area contributed by atoms with Gasteiger partial charge in [0.2, 0.25) is 5.91 Å². The lowest BCUT2D eigenvalue weighted by atomic mass is 10.1. The zero-order chi connectivity index (χ0) is 17.6. The van der Waals surface area contributed by atoms with Gasteiger partial charge in [-0.2, -0.15) is 0 Å². The second-order valence-electron chi connectivity index (χ2n) is 6.99. The fraction of sp³-hybridized carbons (Fsp3) is 0.579. The molecule has 1 aliphatic carbocycles. The lowest BCUT2D eigenvalue weighted by Crippen LogP contribution is -2.41. The fourth-order valence-corrected chi connectivity index (χ4v) is 3.45. The molecule has 1 aromatic rings. The number of carbonyl (C=O) groups excluding carboxylic acids is 2. The Morgan fingerprint density at radius 3 is 2.48 bits per heavy atom. The predicted octanol–water partition coefficient (Wildman–Crippen LogP) is 3.42. The molecule has 2 fully saturated rings. The van der Waals surface area contributed by atoms with Gasteiger partial charge in [0.15, 0.2) is 0 Å². The molecular weight excluding hydrogens is 318 g/mol. The van der Waals surface area contributed by atoms with Crippen LogP contribution in [0.4, 0.5) is 16.2 Å². The molecule has 0 aromatic heterocycles. The number of aryl methyl sites for hydroxylation is 1. The molecule has 3 rings (SSSR count). The number of nitrogens with one attached hydrogen (secondary N) is 3. The molecule has 1 saturated carbocycles.